The van der Waals surface area contributed by atoms with Gasteiger partial charge in [-0.3, -0.25) is 9.59 Å². The summed E-state index contributed by atoms with van der Waals surface area (Å²) in [5.74, 6) is 0.425. The SMILES string of the molecule is CN(Cc1nc2ccsc2c(=O)[nH]1)C(=O)c1cccc(OCc2ccc(F)cc2)c1. The molecule has 1 amide bonds. The van der Waals surface area contributed by atoms with E-state index in [9.17, 15) is 14.0 Å². The van der Waals surface area contributed by atoms with Crippen molar-refractivity contribution >= 4 is 27.5 Å². The molecule has 0 saturated heterocycles. The van der Waals surface area contributed by atoms with Gasteiger partial charge in [0.2, 0.25) is 0 Å². The fraction of sp³-hybridized carbons (Fsp3) is 0.136. The van der Waals surface area contributed by atoms with Crippen LogP contribution in [0.4, 0.5) is 4.39 Å². The van der Waals surface area contributed by atoms with Crippen molar-refractivity contribution in [1.82, 2.24) is 14.9 Å². The van der Waals surface area contributed by atoms with E-state index >= 15 is 0 Å². The maximum atomic E-state index is 13.0. The van der Waals surface area contributed by atoms with Crippen LogP contribution >= 0.6 is 11.3 Å². The second-order valence-corrected chi connectivity index (χ2v) is 7.67. The standard InChI is InChI=1S/C22H18FN3O3S/c1-26(12-19-24-18-9-10-30-20(18)21(27)25-19)22(28)15-3-2-4-17(11-15)29-13-14-5-7-16(23)8-6-14/h2-11H,12-13H2,1H3,(H,24,25,27). The molecular weight excluding hydrogens is 405 g/mol. The van der Waals surface area contributed by atoms with Gasteiger partial charge in [-0.1, -0.05) is 18.2 Å². The highest BCUT2D eigenvalue weighted by molar-refractivity contribution is 7.17. The Labute approximate surface area is 175 Å². The molecule has 0 bridgehead atoms. The largest absolute Gasteiger partial charge is 0.489 e. The van der Waals surface area contributed by atoms with E-state index in [1.807, 2.05) is 5.38 Å². The van der Waals surface area contributed by atoms with Crippen molar-refractivity contribution in [1.29, 1.82) is 0 Å². The summed E-state index contributed by atoms with van der Waals surface area (Å²) in [5, 5.41) is 1.81. The molecule has 0 unspecified atom stereocenters. The Morgan fingerprint density at radius 1 is 1.20 bits per heavy atom. The number of carbonyl (C=O) groups is 1. The molecule has 0 spiro atoms. The van der Waals surface area contributed by atoms with E-state index in [1.165, 1.54) is 28.4 Å². The maximum Gasteiger partial charge on any atom is 0.268 e. The number of hydrogen-bond donors (Lipinski definition) is 1. The highest BCUT2D eigenvalue weighted by Gasteiger charge is 2.15. The number of amides is 1. The van der Waals surface area contributed by atoms with Crippen LogP contribution in [0.25, 0.3) is 10.2 Å². The number of nitrogens with zero attached hydrogens (tertiary/aromatic N) is 2. The fourth-order valence-electron chi connectivity index (χ4n) is 2.98. The van der Waals surface area contributed by atoms with Gasteiger partial charge in [0.05, 0.1) is 12.1 Å². The minimum absolute atomic E-state index is 0.167. The van der Waals surface area contributed by atoms with Gasteiger partial charge in [0.1, 0.15) is 28.7 Å². The topological polar surface area (TPSA) is 75.3 Å². The predicted molar refractivity (Wildman–Crippen MR) is 113 cm³/mol. The number of ether oxygens (including phenoxy) is 1. The maximum absolute atomic E-state index is 13.0. The number of hydrogen-bond acceptors (Lipinski definition) is 5. The molecule has 0 fully saturated rings. The number of aromatic nitrogens is 2. The summed E-state index contributed by atoms with van der Waals surface area (Å²) in [6, 6.07) is 14.7. The van der Waals surface area contributed by atoms with Gasteiger partial charge in [0, 0.05) is 12.6 Å². The van der Waals surface area contributed by atoms with Crippen molar-refractivity contribution in [3.8, 4) is 5.75 Å². The summed E-state index contributed by atoms with van der Waals surface area (Å²) >= 11 is 1.33. The van der Waals surface area contributed by atoms with Crippen LogP contribution < -0.4 is 10.3 Å². The lowest BCUT2D eigenvalue weighted by molar-refractivity contribution is 0.0781. The van der Waals surface area contributed by atoms with Crippen LogP contribution in [-0.4, -0.2) is 27.8 Å². The van der Waals surface area contributed by atoms with Crippen molar-refractivity contribution < 1.29 is 13.9 Å². The van der Waals surface area contributed by atoms with Crippen LogP contribution in [0.1, 0.15) is 21.7 Å². The number of fused-ring (bicyclic) bond motifs is 1. The first-order chi connectivity index (χ1) is 14.5. The summed E-state index contributed by atoms with van der Waals surface area (Å²) in [7, 11) is 1.65. The van der Waals surface area contributed by atoms with Crippen molar-refractivity contribution in [3.63, 3.8) is 0 Å². The Morgan fingerprint density at radius 3 is 2.80 bits per heavy atom. The Bertz CT molecular complexity index is 1250. The number of rotatable bonds is 6. The fourth-order valence-corrected chi connectivity index (χ4v) is 3.71. The lowest BCUT2D eigenvalue weighted by atomic mass is 10.2. The third-order valence-corrected chi connectivity index (χ3v) is 5.40. The van der Waals surface area contributed by atoms with E-state index in [-0.39, 0.29) is 30.4 Å². The molecule has 30 heavy (non-hydrogen) atoms. The number of nitrogens with one attached hydrogen (secondary N) is 1. The average molecular weight is 423 g/mol. The smallest absolute Gasteiger partial charge is 0.268 e. The first-order valence-corrected chi connectivity index (χ1v) is 10.1. The lowest BCUT2D eigenvalue weighted by Gasteiger charge is -2.17. The second-order valence-electron chi connectivity index (χ2n) is 6.75. The molecule has 0 radical (unpaired) electrons. The van der Waals surface area contributed by atoms with Crippen LogP contribution in [0.15, 0.2) is 64.8 Å². The second kappa shape index (κ2) is 8.46. The Balaban J connectivity index is 1.44. The molecule has 2 aromatic heterocycles. The Kier molecular flexibility index (Phi) is 5.58. The molecule has 2 heterocycles. The van der Waals surface area contributed by atoms with Gasteiger partial charge >= 0.3 is 0 Å². The summed E-state index contributed by atoms with van der Waals surface area (Å²) < 4.78 is 19.3. The van der Waals surface area contributed by atoms with E-state index in [1.54, 1.807) is 49.5 Å². The summed E-state index contributed by atoms with van der Waals surface area (Å²) in [6.45, 7) is 0.431. The van der Waals surface area contributed by atoms with Gasteiger partial charge in [0.15, 0.2) is 0 Å². The molecule has 0 atom stereocenters. The molecule has 4 rings (SSSR count). The highest BCUT2D eigenvalue weighted by Crippen LogP contribution is 2.18. The van der Waals surface area contributed by atoms with Crippen LogP contribution in [0, 0.1) is 5.82 Å². The number of thiophene rings is 1. The average Bonchev–Trinajstić information content (AvgIpc) is 3.22. The van der Waals surface area contributed by atoms with Gasteiger partial charge < -0.3 is 14.6 Å². The molecule has 0 aliphatic rings. The summed E-state index contributed by atoms with van der Waals surface area (Å²) in [4.78, 5) is 33.5. The zero-order valence-corrected chi connectivity index (χ0v) is 16.9. The van der Waals surface area contributed by atoms with E-state index in [4.69, 9.17) is 4.74 Å². The summed E-state index contributed by atoms with van der Waals surface area (Å²) in [5.41, 5.74) is 1.69. The number of carbonyl (C=O) groups excluding carboxylic acids is 1. The molecule has 152 valence electrons. The number of benzene rings is 2. The predicted octanol–water partition coefficient (Wildman–Crippen LogP) is 3.97. The molecule has 0 aliphatic carbocycles. The van der Waals surface area contributed by atoms with Gasteiger partial charge in [0.25, 0.3) is 11.5 Å². The molecule has 4 aromatic rings. The van der Waals surface area contributed by atoms with Gasteiger partial charge in [-0.05, 0) is 47.3 Å². The quantitative estimate of drug-likeness (QED) is 0.509. The Hall–Kier alpha value is -3.52. The van der Waals surface area contributed by atoms with E-state index in [0.717, 1.165) is 5.56 Å². The van der Waals surface area contributed by atoms with Gasteiger partial charge in [-0.25, -0.2) is 9.37 Å². The van der Waals surface area contributed by atoms with Crippen molar-refractivity contribution in [3.05, 3.63) is 93.1 Å². The van der Waals surface area contributed by atoms with Gasteiger partial charge in [-0.2, -0.15) is 0 Å². The van der Waals surface area contributed by atoms with Crippen LogP contribution in [0.5, 0.6) is 5.75 Å². The molecule has 8 heteroatoms. The summed E-state index contributed by atoms with van der Waals surface area (Å²) in [6.07, 6.45) is 0. The number of halogens is 1. The first-order valence-electron chi connectivity index (χ1n) is 9.19. The van der Waals surface area contributed by atoms with Crippen molar-refractivity contribution in [2.45, 2.75) is 13.2 Å². The van der Waals surface area contributed by atoms with Crippen LogP contribution in [0.3, 0.4) is 0 Å². The number of H-pyrrole nitrogens is 1. The third-order valence-electron chi connectivity index (χ3n) is 4.50. The minimum Gasteiger partial charge on any atom is -0.489 e. The third kappa shape index (κ3) is 4.38. The molecule has 6 nitrogen and oxygen atoms in total. The van der Waals surface area contributed by atoms with Gasteiger partial charge in [-0.15, -0.1) is 11.3 Å². The monoisotopic (exact) mass is 423 g/mol. The van der Waals surface area contributed by atoms with Crippen LogP contribution in [-0.2, 0) is 13.2 Å². The van der Waals surface area contributed by atoms with E-state index in [0.29, 0.717) is 27.4 Å². The van der Waals surface area contributed by atoms with Crippen LogP contribution in [0.2, 0.25) is 0 Å². The molecule has 0 aliphatic heterocycles. The number of aromatic amines is 1. The zero-order valence-electron chi connectivity index (χ0n) is 16.1. The molecule has 2 aromatic carbocycles. The van der Waals surface area contributed by atoms with Crippen molar-refractivity contribution in [2.24, 2.45) is 0 Å². The minimum atomic E-state index is -0.302. The zero-order chi connectivity index (χ0) is 21.1. The molecule has 0 saturated carbocycles. The Morgan fingerprint density at radius 2 is 2.00 bits per heavy atom. The normalized spacial score (nSPS) is 10.9. The van der Waals surface area contributed by atoms with E-state index < -0.39 is 0 Å². The lowest BCUT2D eigenvalue weighted by Crippen LogP contribution is -2.28. The molecule has 1 N–H and O–H groups in total. The highest BCUT2D eigenvalue weighted by atomic mass is 32.1. The van der Waals surface area contributed by atoms with Crippen molar-refractivity contribution in [2.75, 3.05) is 7.05 Å². The molecular formula is C22H18FN3O3S. The van der Waals surface area contributed by atoms with E-state index in [2.05, 4.69) is 9.97 Å². The first kappa shape index (κ1) is 19.8.